The van der Waals surface area contributed by atoms with Crippen LogP contribution in [0.2, 0.25) is 0 Å². The van der Waals surface area contributed by atoms with Crippen LogP contribution in [0.15, 0.2) is 24.3 Å². The molecule has 0 atom stereocenters. The van der Waals surface area contributed by atoms with Gasteiger partial charge in [0.25, 0.3) is 0 Å². The van der Waals surface area contributed by atoms with Crippen molar-refractivity contribution in [2.75, 3.05) is 26.2 Å². The van der Waals surface area contributed by atoms with Crippen molar-refractivity contribution < 1.29 is 9.53 Å². The minimum absolute atomic E-state index is 0.161. The third-order valence-electron chi connectivity index (χ3n) is 4.07. The number of rotatable bonds is 4. The van der Waals surface area contributed by atoms with Gasteiger partial charge in [-0.2, -0.15) is 0 Å². The average molecular weight is 290 g/mol. The van der Waals surface area contributed by atoms with E-state index < -0.39 is 0 Å². The number of likely N-dealkylation sites (tertiary alicyclic amines) is 1. The van der Waals surface area contributed by atoms with Crippen LogP contribution in [0.25, 0.3) is 0 Å². The van der Waals surface area contributed by atoms with Crippen LogP contribution >= 0.6 is 0 Å². The monoisotopic (exact) mass is 290 g/mol. The number of aryl methyl sites for hydroxylation is 1. The Morgan fingerprint density at radius 1 is 1.19 bits per heavy atom. The zero-order valence-electron chi connectivity index (χ0n) is 13.3. The van der Waals surface area contributed by atoms with E-state index in [0.29, 0.717) is 0 Å². The van der Waals surface area contributed by atoms with Crippen molar-refractivity contribution >= 4 is 6.03 Å². The summed E-state index contributed by atoms with van der Waals surface area (Å²) in [5.41, 5.74) is 1.24. The lowest BCUT2D eigenvalue weighted by molar-refractivity contribution is 0.0963. The number of piperidine rings is 1. The highest BCUT2D eigenvalue weighted by molar-refractivity contribution is 5.74. The molecule has 0 aromatic heterocycles. The molecule has 0 bridgehead atoms. The van der Waals surface area contributed by atoms with Gasteiger partial charge < -0.3 is 14.5 Å². The molecule has 1 fully saturated rings. The molecule has 2 rings (SSSR count). The minimum Gasteiger partial charge on any atom is -0.490 e. The van der Waals surface area contributed by atoms with Crippen LogP contribution in [-0.2, 0) is 0 Å². The smallest absolute Gasteiger partial charge is 0.319 e. The lowest BCUT2D eigenvalue weighted by Crippen LogP contribution is -2.48. The lowest BCUT2D eigenvalue weighted by Gasteiger charge is -2.35. The summed E-state index contributed by atoms with van der Waals surface area (Å²) >= 11 is 0. The summed E-state index contributed by atoms with van der Waals surface area (Å²) in [5.74, 6) is 0.925. The number of urea groups is 1. The fourth-order valence-electron chi connectivity index (χ4n) is 2.67. The van der Waals surface area contributed by atoms with E-state index in [1.165, 1.54) is 5.56 Å². The Balaban J connectivity index is 1.83. The zero-order chi connectivity index (χ0) is 15.2. The molecule has 1 aromatic rings. The number of benzene rings is 1. The maximum atomic E-state index is 12.3. The van der Waals surface area contributed by atoms with E-state index in [4.69, 9.17) is 4.74 Å². The van der Waals surface area contributed by atoms with Gasteiger partial charge in [0.15, 0.2) is 0 Å². The summed E-state index contributed by atoms with van der Waals surface area (Å²) in [7, 11) is 0. The molecular formula is C17H26N2O2. The fourth-order valence-corrected chi connectivity index (χ4v) is 2.67. The van der Waals surface area contributed by atoms with Crippen LogP contribution in [0.5, 0.6) is 5.75 Å². The molecule has 1 saturated heterocycles. The summed E-state index contributed by atoms with van der Waals surface area (Å²) in [6, 6.07) is 8.32. The van der Waals surface area contributed by atoms with Gasteiger partial charge in [0.1, 0.15) is 11.9 Å². The third kappa shape index (κ3) is 4.13. The van der Waals surface area contributed by atoms with Gasteiger partial charge in [-0.3, -0.25) is 0 Å². The Morgan fingerprint density at radius 3 is 2.29 bits per heavy atom. The Bertz CT molecular complexity index is 446. The van der Waals surface area contributed by atoms with Gasteiger partial charge >= 0.3 is 6.03 Å². The van der Waals surface area contributed by atoms with Crippen molar-refractivity contribution in [3.63, 3.8) is 0 Å². The molecule has 0 aliphatic carbocycles. The van der Waals surface area contributed by atoms with Crippen molar-refractivity contribution in [1.29, 1.82) is 0 Å². The Kier molecular flexibility index (Phi) is 5.48. The summed E-state index contributed by atoms with van der Waals surface area (Å²) in [4.78, 5) is 16.1. The molecule has 0 unspecified atom stereocenters. The molecule has 0 spiro atoms. The molecule has 21 heavy (non-hydrogen) atoms. The molecule has 1 aliphatic heterocycles. The minimum atomic E-state index is 0.161. The van der Waals surface area contributed by atoms with Gasteiger partial charge in [-0.25, -0.2) is 4.79 Å². The van der Waals surface area contributed by atoms with Gasteiger partial charge in [0.05, 0.1) is 0 Å². The van der Waals surface area contributed by atoms with Crippen LogP contribution in [0.4, 0.5) is 4.79 Å². The summed E-state index contributed by atoms with van der Waals surface area (Å²) < 4.78 is 6.00. The SMILES string of the molecule is CCN(CC)C(=O)N1CCC(Oc2ccc(C)cc2)CC1. The fraction of sp³-hybridized carbons (Fsp3) is 0.588. The van der Waals surface area contributed by atoms with E-state index in [1.54, 1.807) is 0 Å². The lowest BCUT2D eigenvalue weighted by atomic mass is 10.1. The van der Waals surface area contributed by atoms with Crippen molar-refractivity contribution in [2.24, 2.45) is 0 Å². The molecule has 0 saturated carbocycles. The normalized spacial score (nSPS) is 15.9. The van der Waals surface area contributed by atoms with Crippen LogP contribution in [0.3, 0.4) is 0 Å². The van der Waals surface area contributed by atoms with Gasteiger partial charge in [-0.15, -0.1) is 0 Å². The van der Waals surface area contributed by atoms with E-state index in [0.717, 1.165) is 44.8 Å². The van der Waals surface area contributed by atoms with E-state index >= 15 is 0 Å². The van der Waals surface area contributed by atoms with Gasteiger partial charge in [0, 0.05) is 39.0 Å². The third-order valence-corrected chi connectivity index (χ3v) is 4.07. The first kappa shape index (κ1) is 15.7. The Morgan fingerprint density at radius 2 is 1.76 bits per heavy atom. The van der Waals surface area contributed by atoms with Gasteiger partial charge in [0.2, 0.25) is 0 Å². The molecular weight excluding hydrogens is 264 g/mol. The van der Waals surface area contributed by atoms with Crippen molar-refractivity contribution in [3.05, 3.63) is 29.8 Å². The molecule has 1 aromatic carbocycles. The molecule has 116 valence electrons. The first-order valence-corrected chi connectivity index (χ1v) is 7.91. The molecule has 2 amide bonds. The molecule has 4 nitrogen and oxygen atoms in total. The number of hydrogen-bond acceptors (Lipinski definition) is 2. The molecule has 4 heteroatoms. The highest BCUT2D eigenvalue weighted by Crippen LogP contribution is 2.20. The van der Waals surface area contributed by atoms with E-state index in [-0.39, 0.29) is 12.1 Å². The van der Waals surface area contributed by atoms with Crippen LogP contribution < -0.4 is 4.74 Å². The summed E-state index contributed by atoms with van der Waals surface area (Å²) in [6.45, 7) is 9.23. The highest BCUT2D eigenvalue weighted by Gasteiger charge is 2.26. The first-order valence-electron chi connectivity index (χ1n) is 7.91. The van der Waals surface area contributed by atoms with Crippen LogP contribution in [0.1, 0.15) is 32.3 Å². The predicted molar refractivity (Wildman–Crippen MR) is 84.7 cm³/mol. The standard InChI is InChI=1S/C17H26N2O2/c1-4-18(5-2)17(20)19-12-10-16(11-13-19)21-15-8-6-14(3)7-9-15/h6-9,16H,4-5,10-13H2,1-3H3. The number of carbonyl (C=O) groups is 1. The molecule has 0 radical (unpaired) electrons. The first-order chi connectivity index (χ1) is 10.1. The van der Waals surface area contributed by atoms with E-state index in [1.807, 2.05) is 35.8 Å². The maximum absolute atomic E-state index is 12.3. The summed E-state index contributed by atoms with van der Waals surface area (Å²) in [5, 5.41) is 0. The Labute approximate surface area is 127 Å². The Hall–Kier alpha value is -1.71. The second-order valence-corrected chi connectivity index (χ2v) is 5.57. The molecule has 1 aliphatic rings. The quantitative estimate of drug-likeness (QED) is 0.852. The van der Waals surface area contributed by atoms with Gasteiger partial charge in [-0.1, -0.05) is 17.7 Å². The second-order valence-electron chi connectivity index (χ2n) is 5.57. The van der Waals surface area contributed by atoms with E-state index in [2.05, 4.69) is 19.1 Å². The highest BCUT2D eigenvalue weighted by atomic mass is 16.5. The number of hydrogen-bond donors (Lipinski definition) is 0. The number of nitrogens with zero attached hydrogens (tertiary/aromatic N) is 2. The molecule has 1 heterocycles. The largest absolute Gasteiger partial charge is 0.490 e. The molecule has 0 N–H and O–H groups in total. The van der Waals surface area contributed by atoms with Crippen LogP contribution in [0, 0.1) is 6.92 Å². The topological polar surface area (TPSA) is 32.8 Å². The van der Waals surface area contributed by atoms with Gasteiger partial charge in [-0.05, 0) is 32.9 Å². The van der Waals surface area contributed by atoms with Crippen LogP contribution in [-0.4, -0.2) is 48.1 Å². The average Bonchev–Trinajstić information content (AvgIpc) is 2.51. The zero-order valence-corrected chi connectivity index (χ0v) is 13.3. The van der Waals surface area contributed by atoms with E-state index in [9.17, 15) is 4.79 Å². The predicted octanol–water partition coefficient (Wildman–Crippen LogP) is 3.30. The number of carbonyl (C=O) groups excluding carboxylic acids is 1. The number of ether oxygens (including phenoxy) is 1. The van der Waals surface area contributed by atoms with Crippen molar-refractivity contribution in [2.45, 2.75) is 39.7 Å². The summed E-state index contributed by atoms with van der Waals surface area (Å²) in [6.07, 6.45) is 2.02. The van der Waals surface area contributed by atoms with Crippen molar-refractivity contribution in [1.82, 2.24) is 9.80 Å². The second kappa shape index (κ2) is 7.34. The number of amides is 2. The van der Waals surface area contributed by atoms with Crippen molar-refractivity contribution in [3.8, 4) is 5.75 Å². The maximum Gasteiger partial charge on any atom is 0.319 e.